The lowest BCUT2D eigenvalue weighted by Gasteiger charge is -2.38. The molecule has 3 aromatic carbocycles. The number of aromatic nitrogens is 4. The van der Waals surface area contributed by atoms with Crippen LogP contribution in [0.5, 0.6) is 0 Å². The van der Waals surface area contributed by atoms with E-state index in [-0.39, 0.29) is 18.0 Å². The number of carbonyl (C=O) groups excluding carboxylic acids is 3. The molecule has 45 heavy (non-hydrogen) atoms. The van der Waals surface area contributed by atoms with Gasteiger partial charge in [0.05, 0.1) is 11.3 Å². The van der Waals surface area contributed by atoms with E-state index < -0.39 is 23.8 Å². The summed E-state index contributed by atoms with van der Waals surface area (Å²) in [6.07, 6.45) is 7.04. The molecule has 2 aliphatic heterocycles. The van der Waals surface area contributed by atoms with Gasteiger partial charge in [-0.15, -0.1) is 5.10 Å². The number of aromatic carboxylic acids is 1. The molecule has 1 unspecified atom stereocenters. The average molecular weight is 626 g/mol. The minimum atomic E-state index is -1.08. The lowest BCUT2D eigenvalue weighted by molar-refractivity contribution is -0.135. The van der Waals surface area contributed by atoms with Crippen LogP contribution in [0.3, 0.4) is 0 Å². The second kappa shape index (κ2) is 12.7. The summed E-state index contributed by atoms with van der Waals surface area (Å²) in [6.45, 7) is 0.817. The number of carboxylic acid groups (broad SMARTS) is 1. The Morgan fingerprint density at radius 1 is 0.978 bits per heavy atom. The van der Waals surface area contributed by atoms with Crippen molar-refractivity contribution in [1.82, 2.24) is 25.1 Å². The number of halogens is 1. The van der Waals surface area contributed by atoms with Gasteiger partial charge in [0.25, 0.3) is 5.91 Å². The van der Waals surface area contributed by atoms with E-state index >= 15 is 0 Å². The molecule has 3 amide bonds. The number of nitrogens with zero attached hydrogens (tertiary/aromatic N) is 6. The van der Waals surface area contributed by atoms with Crippen LogP contribution in [0, 0.1) is 0 Å². The molecule has 0 saturated carbocycles. The molecule has 228 valence electrons. The van der Waals surface area contributed by atoms with Crippen LogP contribution >= 0.6 is 11.6 Å². The highest BCUT2D eigenvalue weighted by Crippen LogP contribution is 2.38. The molecule has 6 rings (SSSR count). The summed E-state index contributed by atoms with van der Waals surface area (Å²) in [6, 6.07) is 15.4. The quantitative estimate of drug-likeness (QED) is 0.289. The first kappa shape index (κ1) is 29.7. The Morgan fingerprint density at radius 2 is 1.80 bits per heavy atom. The first-order valence-corrected chi connectivity index (χ1v) is 14.8. The van der Waals surface area contributed by atoms with Crippen molar-refractivity contribution in [2.75, 3.05) is 23.3 Å². The predicted molar refractivity (Wildman–Crippen MR) is 166 cm³/mol. The second-order valence-electron chi connectivity index (χ2n) is 10.7. The zero-order chi connectivity index (χ0) is 31.5. The van der Waals surface area contributed by atoms with E-state index in [9.17, 15) is 24.3 Å². The molecule has 2 aliphatic rings. The van der Waals surface area contributed by atoms with Crippen LogP contribution < -0.4 is 10.2 Å². The number of amides is 3. The van der Waals surface area contributed by atoms with Gasteiger partial charge in [-0.1, -0.05) is 23.7 Å². The SMILES string of the molecule is O=C(O)c1ccc(NC(=O)C2c3cccc(N4CCCCC4=O)c3CCN2C(=O)C=Cc2cc(Cl)ccc2-n2cnnn2)cc1. The van der Waals surface area contributed by atoms with Crippen LogP contribution in [-0.4, -0.2) is 67.0 Å². The molecule has 1 aromatic heterocycles. The van der Waals surface area contributed by atoms with Crippen molar-refractivity contribution in [2.24, 2.45) is 0 Å². The van der Waals surface area contributed by atoms with E-state index in [2.05, 4.69) is 20.8 Å². The Bertz CT molecular complexity index is 1810. The number of benzene rings is 3. The van der Waals surface area contributed by atoms with Crippen LogP contribution in [0.4, 0.5) is 11.4 Å². The van der Waals surface area contributed by atoms with Gasteiger partial charge in [0.2, 0.25) is 11.8 Å². The van der Waals surface area contributed by atoms with Gasteiger partial charge in [0.1, 0.15) is 12.4 Å². The molecule has 1 atom stereocenters. The zero-order valence-corrected chi connectivity index (χ0v) is 24.7. The summed E-state index contributed by atoms with van der Waals surface area (Å²) >= 11 is 6.25. The maximum atomic E-state index is 14.0. The standard InChI is InChI=1S/C32H28ClN7O5/c33-22-10-13-26(40-19-34-36-37-40)21(18-22)9-14-29(42)39-17-15-24-25(4-3-5-27(24)38-16-2-1-6-28(38)41)30(39)31(43)35-23-11-7-20(8-12-23)32(44)45/h3-5,7-14,18-19,30H,1-2,6,15-17H2,(H,35,43)(H,44,45). The Labute approximate surface area is 262 Å². The molecule has 0 aliphatic carbocycles. The Hall–Kier alpha value is -5.36. The summed E-state index contributed by atoms with van der Waals surface area (Å²) in [5.74, 6) is -1.93. The van der Waals surface area contributed by atoms with Gasteiger partial charge in [-0.25, -0.2) is 4.79 Å². The number of carbonyl (C=O) groups is 4. The van der Waals surface area contributed by atoms with Crippen LogP contribution in [0.15, 0.2) is 73.1 Å². The van der Waals surface area contributed by atoms with Gasteiger partial charge < -0.3 is 20.2 Å². The van der Waals surface area contributed by atoms with E-state index in [1.165, 1.54) is 46.3 Å². The Kier molecular flexibility index (Phi) is 8.39. The van der Waals surface area contributed by atoms with Crippen LogP contribution in [0.1, 0.15) is 52.4 Å². The lowest BCUT2D eigenvalue weighted by Crippen LogP contribution is -2.45. The number of tetrazole rings is 1. The van der Waals surface area contributed by atoms with Crippen molar-refractivity contribution in [1.29, 1.82) is 0 Å². The largest absolute Gasteiger partial charge is 0.478 e. The van der Waals surface area contributed by atoms with Crippen molar-refractivity contribution >= 4 is 52.7 Å². The number of rotatable bonds is 7. The molecule has 3 heterocycles. The monoisotopic (exact) mass is 625 g/mol. The predicted octanol–water partition coefficient (Wildman–Crippen LogP) is 4.31. The summed E-state index contributed by atoms with van der Waals surface area (Å²) in [4.78, 5) is 55.2. The molecule has 0 radical (unpaired) electrons. The van der Waals surface area contributed by atoms with E-state index in [0.717, 1.165) is 24.1 Å². The molecule has 2 N–H and O–H groups in total. The highest BCUT2D eigenvalue weighted by atomic mass is 35.5. The van der Waals surface area contributed by atoms with E-state index in [1.807, 2.05) is 6.07 Å². The van der Waals surface area contributed by atoms with Crippen molar-refractivity contribution in [3.05, 3.63) is 100 Å². The molecule has 1 saturated heterocycles. The van der Waals surface area contributed by atoms with Crippen molar-refractivity contribution in [3.8, 4) is 5.69 Å². The fraction of sp³-hybridized carbons (Fsp3) is 0.219. The van der Waals surface area contributed by atoms with Crippen molar-refractivity contribution in [2.45, 2.75) is 31.7 Å². The lowest BCUT2D eigenvalue weighted by atomic mass is 9.89. The molecule has 0 spiro atoms. The van der Waals surface area contributed by atoms with Gasteiger partial charge >= 0.3 is 5.97 Å². The molecular weight excluding hydrogens is 598 g/mol. The summed E-state index contributed by atoms with van der Waals surface area (Å²) in [7, 11) is 0. The number of hydrogen-bond acceptors (Lipinski definition) is 7. The maximum Gasteiger partial charge on any atom is 0.335 e. The summed E-state index contributed by atoms with van der Waals surface area (Å²) in [5, 5.41) is 23.8. The molecule has 12 nitrogen and oxygen atoms in total. The van der Waals surface area contributed by atoms with Gasteiger partial charge in [-0.05, 0) is 95.4 Å². The molecule has 0 bridgehead atoms. The average Bonchev–Trinajstić information content (AvgIpc) is 3.58. The van der Waals surface area contributed by atoms with Crippen molar-refractivity contribution < 1.29 is 24.3 Å². The third kappa shape index (κ3) is 6.18. The first-order valence-electron chi connectivity index (χ1n) is 14.4. The molecule has 13 heteroatoms. The zero-order valence-electron chi connectivity index (χ0n) is 24.0. The number of piperidine rings is 1. The third-order valence-corrected chi connectivity index (χ3v) is 8.17. The molecule has 4 aromatic rings. The van der Waals surface area contributed by atoms with Gasteiger partial charge in [0, 0.05) is 47.5 Å². The van der Waals surface area contributed by atoms with Crippen LogP contribution in [-0.2, 0) is 20.8 Å². The summed E-state index contributed by atoms with van der Waals surface area (Å²) < 4.78 is 1.45. The van der Waals surface area contributed by atoms with Gasteiger partial charge in [-0.2, -0.15) is 4.68 Å². The fourth-order valence-corrected chi connectivity index (χ4v) is 5.97. The topological polar surface area (TPSA) is 151 Å². The highest BCUT2D eigenvalue weighted by molar-refractivity contribution is 6.30. The Balaban J connectivity index is 1.35. The smallest absolute Gasteiger partial charge is 0.335 e. The number of fused-ring (bicyclic) bond motifs is 1. The maximum absolute atomic E-state index is 14.0. The van der Waals surface area contributed by atoms with Crippen LogP contribution in [0.25, 0.3) is 11.8 Å². The highest BCUT2D eigenvalue weighted by Gasteiger charge is 2.37. The number of carboxylic acids is 1. The number of anilines is 2. The number of nitrogens with one attached hydrogen (secondary N) is 1. The first-order chi connectivity index (χ1) is 21.8. The Morgan fingerprint density at radius 3 is 2.53 bits per heavy atom. The second-order valence-corrected chi connectivity index (χ2v) is 11.1. The molecular formula is C32H28ClN7O5. The minimum Gasteiger partial charge on any atom is -0.478 e. The van der Waals surface area contributed by atoms with Gasteiger partial charge in [0.15, 0.2) is 0 Å². The van der Waals surface area contributed by atoms with Gasteiger partial charge in [-0.3, -0.25) is 14.4 Å². The third-order valence-electron chi connectivity index (χ3n) is 7.93. The normalized spacial score (nSPS) is 16.5. The van der Waals surface area contributed by atoms with E-state index in [0.29, 0.717) is 46.9 Å². The fourth-order valence-electron chi connectivity index (χ4n) is 5.79. The van der Waals surface area contributed by atoms with Crippen LogP contribution in [0.2, 0.25) is 5.02 Å². The minimum absolute atomic E-state index is 0.0375. The van der Waals surface area contributed by atoms with E-state index in [1.54, 1.807) is 41.3 Å². The molecule has 1 fully saturated rings. The number of hydrogen-bond donors (Lipinski definition) is 2. The summed E-state index contributed by atoms with van der Waals surface area (Å²) in [5.41, 5.74) is 3.88. The van der Waals surface area contributed by atoms with E-state index in [4.69, 9.17) is 11.6 Å². The van der Waals surface area contributed by atoms with Crippen molar-refractivity contribution in [3.63, 3.8) is 0 Å².